The van der Waals surface area contributed by atoms with E-state index in [1.54, 1.807) is 6.92 Å². The molecule has 0 aliphatic rings. The number of benzene rings is 2. The Kier molecular flexibility index (Phi) is 5.44. The van der Waals surface area contributed by atoms with Gasteiger partial charge in [-0.25, -0.2) is 4.79 Å². The van der Waals surface area contributed by atoms with Crippen LogP contribution < -0.4 is 4.74 Å². The summed E-state index contributed by atoms with van der Waals surface area (Å²) >= 11 is 0. The van der Waals surface area contributed by atoms with E-state index < -0.39 is 16.9 Å². The zero-order valence-electron chi connectivity index (χ0n) is 15.6. The fourth-order valence-corrected chi connectivity index (χ4v) is 2.75. The summed E-state index contributed by atoms with van der Waals surface area (Å²) in [6.45, 7) is 5.28. The molecule has 9 heteroatoms. The fourth-order valence-electron chi connectivity index (χ4n) is 2.75. The zero-order chi connectivity index (χ0) is 20.3. The van der Waals surface area contributed by atoms with E-state index in [1.165, 1.54) is 23.0 Å². The highest BCUT2D eigenvalue weighted by Gasteiger charge is 2.29. The van der Waals surface area contributed by atoms with Crippen LogP contribution in [-0.2, 0) is 4.79 Å². The van der Waals surface area contributed by atoms with Crippen molar-refractivity contribution in [1.82, 2.24) is 20.2 Å². The average Bonchev–Trinajstić information content (AvgIpc) is 3.11. The number of hydrogen-bond acceptors (Lipinski definition) is 7. The first-order valence-corrected chi connectivity index (χ1v) is 8.68. The van der Waals surface area contributed by atoms with Gasteiger partial charge in [0.15, 0.2) is 6.04 Å². The van der Waals surface area contributed by atoms with E-state index in [0.29, 0.717) is 11.4 Å². The van der Waals surface area contributed by atoms with Crippen molar-refractivity contribution in [3.05, 3.63) is 64.2 Å². The second-order valence-electron chi connectivity index (χ2n) is 6.61. The highest BCUT2D eigenvalue weighted by atomic mass is 16.6. The summed E-state index contributed by atoms with van der Waals surface area (Å²) in [5.74, 6) is -0.0999. The Labute approximate surface area is 161 Å². The monoisotopic (exact) mass is 381 g/mol. The van der Waals surface area contributed by atoms with Gasteiger partial charge >= 0.3 is 5.97 Å². The molecule has 9 nitrogen and oxygen atoms in total. The maximum absolute atomic E-state index is 12.7. The van der Waals surface area contributed by atoms with E-state index in [0.717, 1.165) is 5.56 Å². The molecule has 0 spiro atoms. The van der Waals surface area contributed by atoms with Crippen molar-refractivity contribution >= 4 is 11.7 Å². The molecule has 1 atom stereocenters. The van der Waals surface area contributed by atoms with Crippen LogP contribution in [-0.4, -0.2) is 31.1 Å². The van der Waals surface area contributed by atoms with Gasteiger partial charge in [0.05, 0.1) is 4.92 Å². The van der Waals surface area contributed by atoms with Crippen molar-refractivity contribution in [1.29, 1.82) is 0 Å². The Morgan fingerprint density at radius 1 is 1.18 bits per heavy atom. The molecule has 0 aliphatic carbocycles. The lowest BCUT2D eigenvalue weighted by molar-refractivity contribution is -0.385. The number of nitro groups is 1. The number of rotatable bonds is 6. The van der Waals surface area contributed by atoms with Crippen LogP contribution in [0, 0.1) is 23.0 Å². The van der Waals surface area contributed by atoms with Crippen LogP contribution in [0.5, 0.6) is 5.75 Å². The topological polar surface area (TPSA) is 113 Å². The molecule has 3 rings (SSSR count). The van der Waals surface area contributed by atoms with E-state index in [9.17, 15) is 14.9 Å². The van der Waals surface area contributed by atoms with Crippen molar-refractivity contribution in [2.24, 2.45) is 5.92 Å². The Morgan fingerprint density at radius 2 is 1.89 bits per heavy atom. The fraction of sp³-hybridized carbons (Fsp3) is 0.263. The smallest absolute Gasteiger partial charge is 0.338 e. The molecule has 0 bridgehead atoms. The number of hydrogen-bond donors (Lipinski definition) is 0. The summed E-state index contributed by atoms with van der Waals surface area (Å²) in [6.07, 6.45) is 0. The largest absolute Gasteiger partial charge is 0.425 e. The van der Waals surface area contributed by atoms with Crippen LogP contribution in [0.25, 0.3) is 11.4 Å². The molecule has 0 aliphatic heterocycles. The zero-order valence-corrected chi connectivity index (χ0v) is 15.6. The third-order valence-electron chi connectivity index (χ3n) is 4.17. The first-order chi connectivity index (χ1) is 13.4. The molecule has 0 saturated carbocycles. The van der Waals surface area contributed by atoms with Crippen molar-refractivity contribution in [2.45, 2.75) is 26.8 Å². The van der Waals surface area contributed by atoms with E-state index in [2.05, 4.69) is 15.4 Å². The Balaban J connectivity index is 1.83. The standard InChI is InChI=1S/C19H19N5O4/c1-12(2)17(23-21-18(20-22-23)14-7-5-4-6-8-14)19(25)28-15-9-10-16(24(26)27)13(3)11-15/h4-12,17H,1-3H3. The van der Waals surface area contributed by atoms with Gasteiger partial charge in [0.1, 0.15) is 5.75 Å². The second kappa shape index (κ2) is 7.95. The van der Waals surface area contributed by atoms with Crippen LogP contribution in [0.4, 0.5) is 5.69 Å². The molecule has 0 fully saturated rings. The molecule has 144 valence electrons. The van der Waals surface area contributed by atoms with Crippen molar-refractivity contribution < 1.29 is 14.5 Å². The van der Waals surface area contributed by atoms with Crippen molar-refractivity contribution in [3.8, 4) is 17.1 Å². The molecule has 28 heavy (non-hydrogen) atoms. The van der Waals surface area contributed by atoms with Gasteiger partial charge in [-0.15, -0.1) is 15.0 Å². The summed E-state index contributed by atoms with van der Waals surface area (Å²) in [6, 6.07) is 12.7. The molecule has 0 saturated heterocycles. The second-order valence-corrected chi connectivity index (χ2v) is 6.61. The molecule has 0 amide bonds. The van der Waals surface area contributed by atoms with Gasteiger partial charge in [-0.3, -0.25) is 10.1 Å². The number of aromatic nitrogens is 4. The van der Waals surface area contributed by atoms with E-state index in [-0.39, 0.29) is 17.4 Å². The average molecular weight is 381 g/mol. The number of tetrazole rings is 1. The summed E-state index contributed by atoms with van der Waals surface area (Å²) in [5, 5.41) is 23.3. The van der Waals surface area contributed by atoms with E-state index >= 15 is 0 Å². The molecular weight excluding hydrogens is 362 g/mol. The number of ether oxygens (including phenoxy) is 1. The number of carbonyl (C=O) groups is 1. The maximum atomic E-state index is 12.7. The summed E-state index contributed by atoms with van der Waals surface area (Å²) in [5.41, 5.74) is 1.16. The Hall–Kier alpha value is -3.62. The first kappa shape index (κ1) is 19.2. The van der Waals surface area contributed by atoms with Gasteiger partial charge in [0, 0.05) is 17.2 Å². The van der Waals surface area contributed by atoms with Gasteiger partial charge in [-0.2, -0.15) is 0 Å². The predicted octanol–water partition coefficient (Wildman–Crippen LogP) is 3.36. The highest BCUT2D eigenvalue weighted by Crippen LogP contribution is 2.26. The molecule has 1 unspecified atom stereocenters. The Bertz CT molecular complexity index is 1000. The maximum Gasteiger partial charge on any atom is 0.338 e. The normalized spacial score (nSPS) is 12.0. The number of esters is 1. The molecule has 1 aromatic heterocycles. The molecule has 0 N–H and O–H groups in total. The first-order valence-electron chi connectivity index (χ1n) is 8.68. The minimum Gasteiger partial charge on any atom is -0.425 e. The van der Waals surface area contributed by atoms with E-state index in [4.69, 9.17) is 4.74 Å². The molecule has 0 radical (unpaired) electrons. The minimum atomic E-state index is -0.791. The third kappa shape index (κ3) is 4.03. The SMILES string of the molecule is Cc1cc(OC(=O)C(C(C)C)n2nnc(-c3ccccc3)n2)ccc1[N+](=O)[O-]. The quantitative estimate of drug-likeness (QED) is 0.278. The summed E-state index contributed by atoms with van der Waals surface area (Å²) in [7, 11) is 0. The number of nitro benzene ring substituents is 1. The number of carbonyl (C=O) groups excluding carboxylic acids is 1. The van der Waals surface area contributed by atoms with Gasteiger partial charge in [-0.05, 0) is 30.2 Å². The number of aryl methyl sites for hydroxylation is 1. The van der Waals surface area contributed by atoms with Crippen LogP contribution in [0.3, 0.4) is 0 Å². The summed E-state index contributed by atoms with van der Waals surface area (Å²) < 4.78 is 5.43. The van der Waals surface area contributed by atoms with Crippen molar-refractivity contribution in [2.75, 3.05) is 0 Å². The van der Waals surface area contributed by atoms with Crippen LogP contribution in [0.1, 0.15) is 25.5 Å². The van der Waals surface area contributed by atoms with Crippen LogP contribution in [0.2, 0.25) is 0 Å². The molecule has 3 aromatic rings. The van der Waals surface area contributed by atoms with Gasteiger partial charge in [-0.1, -0.05) is 44.2 Å². The van der Waals surface area contributed by atoms with Gasteiger partial charge in [0.2, 0.25) is 5.82 Å². The Morgan fingerprint density at radius 3 is 2.50 bits per heavy atom. The minimum absolute atomic E-state index is 0.0364. The molecular formula is C19H19N5O4. The lowest BCUT2D eigenvalue weighted by atomic mass is 10.1. The van der Waals surface area contributed by atoms with Gasteiger partial charge in [0.25, 0.3) is 5.69 Å². The molecule has 2 aromatic carbocycles. The lowest BCUT2D eigenvalue weighted by Crippen LogP contribution is -2.30. The number of nitrogens with zero attached hydrogens (tertiary/aromatic N) is 5. The van der Waals surface area contributed by atoms with E-state index in [1.807, 2.05) is 44.2 Å². The van der Waals surface area contributed by atoms with Gasteiger partial charge < -0.3 is 4.74 Å². The lowest BCUT2D eigenvalue weighted by Gasteiger charge is -2.17. The molecule has 1 heterocycles. The van der Waals surface area contributed by atoms with Crippen molar-refractivity contribution in [3.63, 3.8) is 0 Å². The third-order valence-corrected chi connectivity index (χ3v) is 4.17. The van der Waals surface area contributed by atoms with Crippen LogP contribution in [0.15, 0.2) is 48.5 Å². The highest BCUT2D eigenvalue weighted by molar-refractivity contribution is 5.77. The van der Waals surface area contributed by atoms with Crippen LogP contribution >= 0.6 is 0 Å². The predicted molar refractivity (Wildman–Crippen MR) is 101 cm³/mol. The summed E-state index contributed by atoms with van der Waals surface area (Å²) in [4.78, 5) is 24.4.